The number of halogens is 4. The van der Waals surface area contributed by atoms with E-state index in [9.17, 15) is 27.6 Å². The maximum absolute atomic E-state index is 13.4. The number of aromatic nitrogens is 3. The molecule has 0 radical (unpaired) electrons. The number of rotatable bonds is 5. The number of fused-ring (bicyclic) bond motifs is 1. The van der Waals surface area contributed by atoms with Crippen LogP contribution in [0.4, 0.5) is 18.2 Å². The van der Waals surface area contributed by atoms with Gasteiger partial charge in [0.25, 0.3) is 5.91 Å². The molecule has 0 atom stereocenters. The summed E-state index contributed by atoms with van der Waals surface area (Å²) in [5.74, 6) is -1.95. The van der Waals surface area contributed by atoms with E-state index in [-0.39, 0.29) is 49.3 Å². The van der Waals surface area contributed by atoms with E-state index in [2.05, 4.69) is 31.3 Å². The first-order valence-electron chi connectivity index (χ1n) is 9.12. The summed E-state index contributed by atoms with van der Waals surface area (Å²) < 4.78 is 45.8. The first-order valence-corrected chi connectivity index (χ1v) is 10.7. The zero-order valence-corrected chi connectivity index (χ0v) is 19.6. The van der Waals surface area contributed by atoms with Crippen LogP contribution in [0.3, 0.4) is 0 Å². The lowest BCUT2D eigenvalue weighted by molar-refractivity contribution is -0.142. The van der Waals surface area contributed by atoms with E-state index in [1.807, 2.05) is 0 Å². The first kappa shape index (κ1) is 23.9. The van der Waals surface area contributed by atoms with Gasteiger partial charge in [0.15, 0.2) is 17.1 Å². The number of aryl methyl sites for hydroxylation is 1. The fourth-order valence-electron chi connectivity index (χ4n) is 3.01. The number of esters is 1. The molecule has 8 nitrogen and oxygen atoms in total. The molecule has 3 heterocycles. The van der Waals surface area contributed by atoms with Crippen LogP contribution >= 0.6 is 27.3 Å². The second-order valence-corrected chi connectivity index (χ2v) is 8.48. The van der Waals surface area contributed by atoms with Crippen molar-refractivity contribution in [2.45, 2.75) is 33.9 Å². The third-order valence-electron chi connectivity index (χ3n) is 4.34. The minimum absolute atomic E-state index is 0.000219. The maximum Gasteiger partial charge on any atom is 0.433 e. The predicted molar refractivity (Wildman–Crippen MR) is 113 cm³/mol. The molecule has 3 aromatic heterocycles. The van der Waals surface area contributed by atoms with E-state index in [0.29, 0.717) is 10.1 Å². The monoisotopic (exact) mass is 532 g/mol. The number of ether oxygens (including phenoxy) is 1. The Balaban J connectivity index is 2.10. The second-order valence-electron chi connectivity index (χ2n) is 6.67. The van der Waals surface area contributed by atoms with E-state index < -0.39 is 23.7 Å². The SMILES string of the molecule is CCOC(=O)c1c(NC(=O)c2nn3c(C(F)(F)F)cc(C)nc3c2Br)sc(C(C)=O)c1C. The molecule has 0 aliphatic carbocycles. The summed E-state index contributed by atoms with van der Waals surface area (Å²) in [5.41, 5.74) is -1.25. The van der Waals surface area contributed by atoms with E-state index >= 15 is 0 Å². The van der Waals surface area contributed by atoms with Crippen molar-refractivity contribution in [1.82, 2.24) is 14.6 Å². The Kier molecular flexibility index (Phi) is 6.43. The minimum Gasteiger partial charge on any atom is -0.462 e. The Morgan fingerprint density at radius 3 is 2.50 bits per heavy atom. The number of amides is 1. The molecule has 170 valence electrons. The number of hydrogen-bond acceptors (Lipinski definition) is 7. The lowest BCUT2D eigenvalue weighted by Gasteiger charge is -2.09. The smallest absolute Gasteiger partial charge is 0.433 e. The number of nitrogens with one attached hydrogen (secondary N) is 1. The number of thiophene rings is 1. The van der Waals surface area contributed by atoms with Crippen LogP contribution in [0, 0.1) is 13.8 Å². The summed E-state index contributed by atoms with van der Waals surface area (Å²) in [7, 11) is 0. The van der Waals surface area contributed by atoms with Crippen LogP contribution in [0.25, 0.3) is 5.65 Å². The quantitative estimate of drug-likeness (QED) is 0.373. The van der Waals surface area contributed by atoms with Gasteiger partial charge >= 0.3 is 12.1 Å². The number of hydrogen-bond donors (Lipinski definition) is 1. The van der Waals surface area contributed by atoms with Crippen molar-refractivity contribution in [3.05, 3.63) is 43.6 Å². The van der Waals surface area contributed by atoms with Crippen LogP contribution in [0.1, 0.15) is 61.3 Å². The van der Waals surface area contributed by atoms with E-state index in [0.717, 1.165) is 17.4 Å². The average molecular weight is 533 g/mol. The van der Waals surface area contributed by atoms with Gasteiger partial charge in [0.05, 0.1) is 21.5 Å². The largest absolute Gasteiger partial charge is 0.462 e. The molecular weight excluding hydrogens is 517 g/mol. The molecule has 1 N–H and O–H groups in total. The number of ketones is 1. The van der Waals surface area contributed by atoms with Crippen molar-refractivity contribution in [2.75, 3.05) is 11.9 Å². The van der Waals surface area contributed by atoms with Crippen LogP contribution < -0.4 is 5.32 Å². The molecular formula is C19H16BrF3N4O4S. The molecule has 0 spiro atoms. The van der Waals surface area contributed by atoms with Gasteiger partial charge in [-0.2, -0.15) is 18.3 Å². The first-order chi connectivity index (χ1) is 14.9. The Morgan fingerprint density at radius 2 is 1.94 bits per heavy atom. The molecule has 13 heteroatoms. The summed E-state index contributed by atoms with van der Waals surface area (Å²) in [6.45, 7) is 5.91. The Hall–Kier alpha value is -2.80. The topological polar surface area (TPSA) is 103 Å². The maximum atomic E-state index is 13.4. The molecule has 0 fully saturated rings. The third-order valence-corrected chi connectivity index (χ3v) is 6.38. The molecule has 0 bridgehead atoms. The van der Waals surface area contributed by atoms with Crippen LogP contribution in [-0.4, -0.2) is 38.9 Å². The summed E-state index contributed by atoms with van der Waals surface area (Å²) >= 11 is 3.97. The highest BCUT2D eigenvalue weighted by atomic mass is 79.9. The van der Waals surface area contributed by atoms with E-state index in [1.54, 1.807) is 6.92 Å². The van der Waals surface area contributed by atoms with Crippen molar-refractivity contribution in [1.29, 1.82) is 0 Å². The van der Waals surface area contributed by atoms with Gasteiger partial charge < -0.3 is 10.1 Å². The standard InChI is InChI=1S/C19H16BrF3N4O4S/c1-5-31-18(30)11-8(3)14(9(4)28)32-17(11)25-16(29)13-12(20)15-24-7(2)6-10(19(21,22)23)27(15)26-13/h6H,5H2,1-4H3,(H,25,29). The van der Waals surface area contributed by atoms with Crippen LogP contribution in [-0.2, 0) is 10.9 Å². The van der Waals surface area contributed by atoms with Gasteiger partial charge in [-0.25, -0.2) is 14.3 Å². The summed E-state index contributed by atoms with van der Waals surface area (Å²) in [6.07, 6.45) is -4.73. The van der Waals surface area contributed by atoms with Gasteiger partial charge in [-0.05, 0) is 55.3 Å². The van der Waals surface area contributed by atoms with Crippen LogP contribution in [0.2, 0.25) is 0 Å². The molecule has 0 aliphatic heterocycles. The summed E-state index contributed by atoms with van der Waals surface area (Å²) in [4.78, 5) is 41.5. The number of carbonyl (C=O) groups is 3. The molecule has 0 aliphatic rings. The highest BCUT2D eigenvalue weighted by molar-refractivity contribution is 9.10. The van der Waals surface area contributed by atoms with Crippen molar-refractivity contribution in [2.24, 2.45) is 0 Å². The molecule has 3 rings (SSSR count). The molecule has 0 saturated carbocycles. The molecule has 0 aromatic carbocycles. The van der Waals surface area contributed by atoms with Crippen LogP contribution in [0.15, 0.2) is 10.5 Å². The molecule has 0 saturated heterocycles. The summed E-state index contributed by atoms with van der Waals surface area (Å²) in [5, 5.41) is 6.28. The third kappa shape index (κ3) is 4.26. The van der Waals surface area contributed by atoms with Crippen molar-refractivity contribution in [3.63, 3.8) is 0 Å². The number of alkyl halides is 3. The predicted octanol–water partition coefficient (Wildman–Crippen LogP) is 4.82. The Bertz CT molecular complexity index is 1270. The lowest BCUT2D eigenvalue weighted by Crippen LogP contribution is -2.17. The zero-order valence-electron chi connectivity index (χ0n) is 17.2. The van der Waals surface area contributed by atoms with Gasteiger partial charge in [0.2, 0.25) is 0 Å². The number of Topliss-reactive ketones (excluding diaryl/α,β-unsaturated/α-hetero) is 1. The van der Waals surface area contributed by atoms with Crippen molar-refractivity contribution < 1.29 is 32.3 Å². The second kappa shape index (κ2) is 8.62. The average Bonchev–Trinajstić information content (AvgIpc) is 3.18. The minimum atomic E-state index is -4.73. The van der Waals surface area contributed by atoms with Gasteiger partial charge in [-0.3, -0.25) is 9.59 Å². The number of nitrogens with zero attached hydrogens (tertiary/aromatic N) is 3. The number of anilines is 1. The number of carbonyl (C=O) groups excluding carboxylic acids is 3. The fourth-order valence-corrected chi connectivity index (χ4v) is 4.61. The summed E-state index contributed by atoms with van der Waals surface area (Å²) in [6, 6.07) is 0.814. The molecule has 32 heavy (non-hydrogen) atoms. The lowest BCUT2D eigenvalue weighted by atomic mass is 10.1. The van der Waals surface area contributed by atoms with Crippen LogP contribution in [0.5, 0.6) is 0 Å². The van der Waals surface area contributed by atoms with Crippen molar-refractivity contribution in [3.8, 4) is 0 Å². The zero-order chi connectivity index (χ0) is 24.0. The molecule has 0 unspecified atom stereocenters. The van der Waals surface area contributed by atoms with Gasteiger partial charge in [-0.15, -0.1) is 11.3 Å². The van der Waals surface area contributed by atoms with E-state index in [1.165, 1.54) is 20.8 Å². The fraction of sp³-hybridized carbons (Fsp3) is 0.316. The van der Waals surface area contributed by atoms with Gasteiger partial charge in [0.1, 0.15) is 10.7 Å². The van der Waals surface area contributed by atoms with Gasteiger partial charge in [-0.1, -0.05) is 0 Å². The highest BCUT2D eigenvalue weighted by Crippen LogP contribution is 2.36. The molecule has 1 amide bonds. The van der Waals surface area contributed by atoms with E-state index in [4.69, 9.17) is 4.74 Å². The van der Waals surface area contributed by atoms with Gasteiger partial charge in [0, 0.05) is 5.69 Å². The molecule has 3 aromatic rings. The Morgan fingerprint density at radius 1 is 1.28 bits per heavy atom. The normalized spacial score (nSPS) is 11.6. The van der Waals surface area contributed by atoms with Crippen molar-refractivity contribution >= 4 is 55.6 Å². The highest BCUT2D eigenvalue weighted by Gasteiger charge is 2.36. The Labute approximate surface area is 191 Å².